The lowest BCUT2D eigenvalue weighted by atomic mass is 9.87. The minimum absolute atomic E-state index is 0.0110. The minimum atomic E-state index is -1.31. The molecular formula is C11H19NO4. The summed E-state index contributed by atoms with van der Waals surface area (Å²) in [7, 11) is 0. The molecule has 0 spiro atoms. The molecule has 0 aliphatic heterocycles. The largest absolute Gasteiger partial charge is 0.480 e. The maximum Gasteiger partial charge on any atom is 0.328 e. The maximum absolute atomic E-state index is 11.6. The average Bonchev–Trinajstić information content (AvgIpc) is 2.35. The molecule has 1 fully saturated rings. The van der Waals surface area contributed by atoms with Crippen LogP contribution < -0.4 is 5.32 Å². The molecule has 0 saturated heterocycles. The van der Waals surface area contributed by atoms with Crippen LogP contribution in [0.25, 0.3) is 0 Å². The van der Waals surface area contributed by atoms with E-state index in [1.165, 1.54) is 0 Å². The lowest BCUT2D eigenvalue weighted by Gasteiger charge is -2.21. The second-order valence-electron chi connectivity index (χ2n) is 4.15. The van der Waals surface area contributed by atoms with Crippen LogP contribution in [0.5, 0.6) is 0 Å². The van der Waals surface area contributed by atoms with E-state index in [2.05, 4.69) is 5.32 Å². The van der Waals surface area contributed by atoms with Crippen molar-refractivity contribution in [2.45, 2.75) is 44.5 Å². The summed E-state index contributed by atoms with van der Waals surface area (Å²) < 4.78 is 7.80. The summed E-state index contributed by atoms with van der Waals surface area (Å²) in [5.74, 6) is -1.87. The van der Waals surface area contributed by atoms with Crippen LogP contribution in [0.1, 0.15) is 39.9 Å². The number of aliphatic hydroxyl groups is 1. The second kappa shape index (κ2) is 6.48. The number of carbonyl (C=O) groups excluding carboxylic acids is 1. The first-order valence-corrected chi connectivity index (χ1v) is 5.62. The van der Waals surface area contributed by atoms with E-state index in [-0.39, 0.29) is 5.92 Å². The second-order valence-corrected chi connectivity index (χ2v) is 4.15. The van der Waals surface area contributed by atoms with E-state index in [0.717, 1.165) is 32.1 Å². The van der Waals surface area contributed by atoms with Crippen molar-refractivity contribution < 1.29 is 21.2 Å². The molecule has 0 aromatic rings. The summed E-state index contributed by atoms with van der Waals surface area (Å²) >= 11 is 0. The van der Waals surface area contributed by atoms with Crippen molar-refractivity contribution in [3.8, 4) is 0 Å². The zero-order valence-corrected chi connectivity index (χ0v) is 9.19. The quantitative estimate of drug-likeness (QED) is 0.642. The van der Waals surface area contributed by atoms with Gasteiger partial charge in [0, 0.05) is 7.77 Å². The highest BCUT2D eigenvalue weighted by Gasteiger charge is 2.22. The third kappa shape index (κ3) is 4.18. The SMILES string of the molecule is [2H]C(C(=O)N[C@@H](CO)C(=O)O)C1CCCCC1. The molecule has 1 aliphatic carbocycles. The summed E-state index contributed by atoms with van der Waals surface area (Å²) in [5, 5.41) is 19.6. The Morgan fingerprint density at radius 1 is 1.38 bits per heavy atom. The highest BCUT2D eigenvalue weighted by molar-refractivity contribution is 5.83. The van der Waals surface area contributed by atoms with Crippen molar-refractivity contribution in [2.75, 3.05) is 6.61 Å². The molecule has 5 heteroatoms. The van der Waals surface area contributed by atoms with Gasteiger partial charge in [0.25, 0.3) is 0 Å². The Labute approximate surface area is 96.2 Å². The molecule has 0 aromatic carbocycles. The van der Waals surface area contributed by atoms with Crippen LogP contribution in [-0.2, 0) is 9.59 Å². The van der Waals surface area contributed by atoms with E-state index < -0.39 is 30.9 Å². The van der Waals surface area contributed by atoms with Gasteiger partial charge < -0.3 is 15.5 Å². The van der Waals surface area contributed by atoms with Gasteiger partial charge >= 0.3 is 5.97 Å². The van der Waals surface area contributed by atoms with E-state index in [1.54, 1.807) is 0 Å². The number of carbonyl (C=O) groups is 2. The van der Waals surface area contributed by atoms with Crippen LogP contribution in [-0.4, -0.2) is 34.7 Å². The van der Waals surface area contributed by atoms with E-state index in [0.29, 0.717) is 0 Å². The fourth-order valence-electron chi connectivity index (χ4n) is 1.92. The predicted octanol–water partition coefficient (Wildman–Crippen LogP) is 0.518. The van der Waals surface area contributed by atoms with E-state index in [4.69, 9.17) is 11.6 Å². The number of carboxylic acids is 1. The average molecular weight is 230 g/mol. The Morgan fingerprint density at radius 2 is 2.00 bits per heavy atom. The van der Waals surface area contributed by atoms with Crippen molar-refractivity contribution in [3.63, 3.8) is 0 Å². The molecule has 1 saturated carbocycles. The highest BCUT2D eigenvalue weighted by atomic mass is 16.4. The Morgan fingerprint density at radius 3 is 2.50 bits per heavy atom. The van der Waals surface area contributed by atoms with E-state index in [9.17, 15) is 9.59 Å². The number of amides is 1. The van der Waals surface area contributed by atoms with E-state index in [1.807, 2.05) is 0 Å². The number of hydrogen-bond donors (Lipinski definition) is 3. The number of aliphatic carboxylic acids is 1. The van der Waals surface area contributed by atoms with Gasteiger partial charge in [-0.25, -0.2) is 4.79 Å². The number of nitrogens with one attached hydrogen (secondary N) is 1. The first-order valence-electron chi connectivity index (χ1n) is 6.20. The molecule has 3 N–H and O–H groups in total. The van der Waals surface area contributed by atoms with Gasteiger partial charge in [-0.15, -0.1) is 0 Å². The molecule has 1 amide bonds. The first kappa shape index (κ1) is 11.4. The van der Waals surface area contributed by atoms with Crippen LogP contribution in [0.2, 0.25) is 0 Å². The van der Waals surface area contributed by atoms with Crippen LogP contribution in [0.15, 0.2) is 0 Å². The summed E-state index contributed by atoms with van der Waals surface area (Å²) in [5.41, 5.74) is 0. The van der Waals surface area contributed by atoms with Gasteiger partial charge in [-0.05, 0) is 18.8 Å². The van der Waals surface area contributed by atoms with Crippen molar-refractivity contribution in [3.05, 3.63) is 0 Å². The van der Waals surface area contributed by atoms with Crippen molar-refractivity contribution in [1.29, 1.82) is 0 Å². The lowest BCUT2D eigenvalue weighted by Crippen LogP contribution is -2.43. The van der Waals surface area contributed by atoms with Crippen LogP contribution in [0.3, 0.4) is 0 Å². The molecule has 1 aliphatic rings. The Hall–Kier alpha value is -1.10. The van der Waals surface area contributed by atoms with Crippen LogP contribution in [0.4, 0.5) is 0 Å². The Kier molecular flexibility index (Phi) is 4.61. The van der Waals surface area contributed by atoms with E-state index >= 15 is 0 Å². The number of rotatable bonds is 5. The molecule has 1 rings (SSSR count). The fourth-order valence-corrected chi connectivity index (χ4v) is 1.92. The lowest BCUT2D eigenvalue weighted by molar-refractivity contribution is -0.143. The molecule has 16 heavy (non-hydrogen) atoms. The standard InChI is InChI=1S/C11H19NO4/c13-7-9(11(15)16)12-10(14)6-8-4-2-1-3-5-8/h8-9,13H,1-7H2,(H,12,14)(H,15,16)/t9-/m0/s1/i6D/t6?,9-. The minimum Gasteiger partial charge on any atom is -0.480 e. The van der Waals surface area contributed by atoms with Gasteiger partial charge in [0.1, 0.15) is 6.04 Å². The van der Waals surface area contributed by atoms with Gasteiger partial charge in [0.05, 0.1) is 6.61 Å². The number of carboxylic acid groups (broad SMARTS) is 1. The molecule has 0 aromatic heterocycles. The maximum atomic E-state index is 11.6. The van der Waals surface area contributed by atoms with Crippen molar-refractivity contribution in [2.24, 2.45) is 5.92 Å². The highest BCUT2D eigenvalue weighted by Crippen LogP contribution is 2.26. The monoisotopic (exact) mass is 230 g/mol. The molecular weight excluding hydrogens is 210 g/mol. The van der Waals surface area contributed by atoms with Crippen LogP contribution in [0, 0.1) is 5.92 Å². The number of hydrogen-bond acceptors (Lipinski definition) is 3. The summed E-state index contributed by atoms with van der Waals surface area (Å²) in [6.07, 6.45) is 3.95. The van der Waals surface area contributed by atoms with Gasteiger partial charge in [-0.1, -0.05) is 19.3 Å². The molecule has 0 heterocycles. The normalized spacial score (nSPS) is 21.9. The zero-order chi connectivity index (χ0) is 12.8. The fraction of sp³-hybridized carbons (Fsp3) is 0.818. The van der Waals surface area contributed by atoms with Crippen LogP contribution >= 0.6 is 0 Å². The Balaban J connectivity index is 2.47. The smallest absolute Gasteiger partial charge is 0.328 e. The van der Waals surface area contributed by atoms with Gasteiger partial charge in [-0.2, -0.15) is 0 Å². The third-order valence-corrected chi connectivity index (χ3v) is 2.83. The first-order chi connectivity index (χ1) is 8.06. The van der Waals surface area contributed by atoms with Crippen molar-refractivity contribution in [1.82, 2.24) is 5.32 Å². The summed E-state index contributed by atoms with van der Waals surface area (Å²) in [6.45, 7) is -0.654. The van der Waals surface area contributed by atoms with Gasteiger partial charge in [0.15, 0.2) is 0 Å². The van der Waals surface area contributed by atoms with Gasteiger partial charge in [-0.3, -0.25) is 4.79 Å². The topological polar surface area (TPSA) is 86.6 Å². The van der Waals surface area contributed by atoms with Crippen molar-refractivity contribution >= 4 is 11.9 Å². The summed E-state index contributed by atoms with van der Waals surface area (Å²) in [4.78, 5) is 22.3. The molecule has 1 unspecified atom stereocenters. The predicted molar refractivity (Wildman–Crippen MR) is 57.8 cm³/mol. The zero-order valence-electron chi connectivity index (χ0n) is 10.2. The molecule has 0 radical (unpaired) electrons. The number of aliphatic hydroxyl groups excluding tert-OH is 1. The molecule has 92 valence electrons. The molecule has 2 atom stereocenters. The molecule has 5 nitrogen and oxygen atoms in total. The Bertz CT molecular complexity index is 279. The molecule has 0 bridgehead atoms. The van der Waals surface area contributed by atoms with Gasteiger partial charge in [0.2, 0.25) is 5.91 Å². The third-order valence-electron chi connectivity index (χ3n) is 2.83. The summed E-state index contributed by atoms with van der Waals surface area (Å²) in [6, 6.07) is -1.31.